The van der Waals surface area contributed by atoms with Crippen LogP contribution in [-0.2, 0) is 4.79 Å². The Morgan fingerprint density at radius 1 is 0.952 bits per heavy atom. The molecule has 1 aliphatic carbocycles. The summed E-state index contributed by atoms with van der Waals surface area (Å²) in [7, 11) is 0. The highest BCUT2D eigenvalue weighted by Crippen LogP contribution is 2.36. The minimum absolute atomic E-state index is 0.163. The van der Waals surface area contributed by atoms with E-state index in [1.807, 2.05) is 0 Å². The van der Waals surface area contributed by atoms with E-state index in [0.29, 0.717) is 11.9 Å². The molecular formula is C17H31N3O. The molecule has 2 saturated heterocycles. The number of likely N-dealkylation sites (tertiary alicyclic amines) is 1. The van der Waals surface area contributed by atoms with Crippen molar-refractivity contribution in [1.82, 2.24) is 15.1 Å². The Labute approximate surface area is 129 Å². The van der Waals surface area contributed by atoms with Gasteiger partial charge in [0.2, 0.25) is 5.91 Å². The van der Waals surface area contributed by atoms with Gasteiger partial charge in [-0.15, -0.1) is 0 Å². The lowest BCUT2D eigenvalue weighted by atomic mass is 9.77. The first-order valence-corrected chi connectivity index (χ1v) is 8.93. The van der Waals surface area contributed by atoms with Crippen molar-refractivity contribution in [3.05, 3.63) is 0 Å². The van der Waals surface area contributed by atoms with E-state index in [0.717, 1.165) is 51.0 Å². The van der Waals surface area contributed by atoms with Gasteiger partial charge in [-0.05, 0) is 44.1 Å². The molecule has 3 rings (SSSR count). The van der Waals surface area contributed by atoms with Crippen LogP contribution in [0.1, 0.15) is 46.0 Å². The monoisotopic (exact) mass is 293 g/mol. The van der Waals surface area contributed by atoms with Gasteiger partial charge >= 0.3 is 0 Å². The normalized spacial score (nSPS) is 38.7. The second-order valence-corrected chi connectivity index (χ2v) is 7.35. The van der Waals surface area contributed by atoms with Crippen molar-refractivity contribution in [1.29, 1.82) is 0 Å². The predicted molar refractivity (Wildman–Crippen MR) is 85.1 cm³/mol. The minimum atomic E-state index is 0.163. The van der Waals surface area contributed by atoms with Crippen LogP contribution in [0.25, 0.3) is 0 Å². The van der Waals surface area contributed by atoms with Crippen LogP contribution >= 0.6 is 0 Å². The average Bonchev–Trinajstić information content (AvgIpc) is 2.96. The molecule has 3 fully saturated rings. The Hall–Kier alpha value is -0.610. The van der Waals surface area contributed by atoms with Crippen molar-refractivity contribution in [2.75, 3.05) is 32.7 Å². The summed E-state index contributed by atoms with van der Waals surface area (Å²) in [6.07, 6.45) is 6.29. The van der Waals surface area contributed by atoms with Gasteiger partial charge in [0.05, 0.1) is 6.04 Å². The fourth-order valence-corrected chi connectivity index (χ4v) is 4.82. The summed E-state index contributed by atoms with van der Waals surface area (Å²) < 4.78 is 0. The van der Waals surface area contributed by atoms with E-state index in [2.05, 4.69) is 29.0 Å². The fourth-order valence-electron chi connectivity index (χ4n) is 4.82. The number of nitrogens with zero attached hydrogens (tertiary/aromatic N) is 2. The lowest BCUT2D eigenvalue weighted by Gasteiger charge is -2.44. The number of hydrogen-bond acceptors (Lipinski definition) is 3. The molecule has 0 aromatic heterocycles. The smallest absolute Gasteiger partial charge is 0.240 e. The van der Waals surface area contributed by atoms with E-state index < -0.39 is 0 Å². The molecule has 2 heterocycles. The van der Waals surface area contributed by atoms with Gasteiger partial charge in [0.25, 0.3) is 0 Å². The zero-order chi connectivity index (χ0) is 14.8. The van der Waals surface area contributed by atoms with Gasteiger partial charge in [-0.1, -0.05) is 20.3 Å². The molecule has 0 bridgehead atoms. The van der Waals surface area contributed by atoms with Crippen LogP contribution in [0.2, 0.25) is 0 Å². The molecule has 1 saturated carbocycles. The number of amides is 1. The van der Waals surface area contributed by atoms with Gasteiger partial charge in [-0.3, -0.25) is 9.69 Å². The van der Waals surface area contributed by atoms with Crippen molar-refractivity contribution in [2.45, 2.75) is 58.0 Å². The third kappa shape index (κ3) is 3.11. The summed E-state index contributed by atoms with van der Waals surface area (Å²) in [6, 6.07) is 0.786. The third-order valence-electron chi connectivity index (χ3n) is 5.88. The lowest BCUT2D eigenvalue weighted by molar-refractivity contribution is -0.138. The standard InChI is InChI=1S/C17H31N3O/c1-13-5-3-6-14(2)16(13)20-10-4-7-15(20)17(21)19-11-8-18-9-12-19/h13-16,18H,3-12H2,1-2H3. The maximum absolute atomic E-state index is 12.9. The fraction of sp³-hybridized carbons (Fsp3) is 0.941. The highest BCUT2D eigenvalue weighted by Gasteiger charge is 2.42. The molecule has 21 heavy (non-hydrogen) atoms. The van der Waals surface area contributed by atoms with Crippen LogP contribution in [0.4, 0.5) is 0 Å². The van der Waals surface area contributed by atoms with Gasteiger partial charge in [0.15, 0.2) is 0 Å². The predicted octanol–water partition coefficient (Wildman–Crippen LogP) is 1.71. The van der Waals surface area contributed by atoms with Crippen LogP contribution in [0.3, 0.4) is 0 Å². The van der Waals surface area contributed by atoms with Crippen molar-refractivity contribution in [3.8, 4) is 0 Å². The third-order valence-corrected chi connectivity index (χ3v) is 5.88. The molecule has 4 nitrogen and oxygen atoms in total. The first-order chi connectivity index (χ1) is 10.2. The van der Waals surface area contributed by atoms with Crippen LogP contribution in [0, 0.1) is 11.8 Å². The summed E-state index contributed by atoms with van der Waals surface area (Å²) >= 11 is 0. The molecule has 1 N–H and O–H groups in total. The molecule has 0 spiro atoms. The largest absolute Gasteiger partial charge is 0.339 e. The first kappa shape index (κ1) is 15.3. The molecule has 120 valence electrons. The van der Waals surface area contributed by atoms with Crippen molar-refractivity contribution >= 4 is 5.91 Å². The van der Waals surface area contributed by atoms with E-state index >= 15 is 0 Å². The second kappa shape index (κ2) is 6.66. The quantitative estimate of drug-likeness (QED) is 0.842. The summed E-state index contributed by atoms with van der Waals surface area (Å²) in [6.45, 7) is 9.60. The Kier molecular flexibility index (Phi) is 4.85. The number of piperazine rings is 1. The van der Waals surface area contributed by atoms with E-state index in [4.69, 9.17) is 0 Å². The maximum atomic E-state index is 12.9. The summed E-state index contributed by atoms with van der Waals surface area (Å²) in [5.74, 6) is 1.88. The molecule has 3 aliphatic rings. The highest BCUT2D eigenvalue weighted by molar-refractivity contribution is 5.82. The first-order valence-electron chi connectivity index (χ1n) is 8.93. The Balaban J connectivity index is 1.70. The second-order valence-electron chi connectivity index (χ2n) is 7.35. The van der Waals surface area contributed by atoms with Crippen LogP contribution < -0.4 is 5.32 Å². The van der Waals surface area contributed by atoms with E-state index in [9.17, 15) is 4.79 Å². The highest BCUT2D eigenvalue weighted by atomic mass is 16.2. The molecule has 3 unspecified atom stereocenters. The molecule has 3 atom stereocenters. The van der Waals surface area contributed by atoms with Crippen LogP contribution in [-0.4, -0.2) is 60.5 Å². The number of rotatable bonds is 2. The van der Waals surface area contributed by atoms with Gasteiger partial charge in [0.1, 0.15) is 0 Å². The Morgan fingerprint density at radius 2 is 1.62 bits per heavy atom. The number of nitrogens with one attached hydrogen (secondary N) is 1. The van der Waals surface area contributed by atoms with Crippen LogP contribution in [0.5, 0.6) is 0 Å². The van der Waals surface area contributed by atoms with Crippen molar-refractivity contribution in [2.24, 2.45) is 11.8 Å². The number of carbonyl (C=O) groups excluding carboxylic acids is 1. The summed E-state index contributed by atoms with van der Waals surface area (Å²) in [5.41, 5.74) is 0. The molecular weight excluding hydrogens is 262 g/mol. The number of hydrogen-bond donors (Lipinski definition) is 1. The Bertz CT molecular complexity index is 357. The molecule has 2 aliphatic heterocycles. The average molecular weight is 293 g/mol. The molecule has 1 amide bonds. The van der Waals surface area contributed by atoms with E-state index in [-0.39, 0.29) is 6.04 Å². The van der Waals surface area contributed by atoms with E-state index in [1.54, 1.807) is 0 Å². The van der Waals surface area contributed by atoms with Crippen molar-refractivity contribution < 1.29 is 4.79 Å². The van der Waals surface area contributed by atoms with Gasteiger partial charge < -0.3 is 10.2 Å². The summed E-state index contributed by atoms with van der Waals surface area (Å²) in [4.78, 5) is 17.6. The molecule has 0 aromatic rings. The zero-order valence-corrected chi connectivity index (χ0v) is 13.7. The van der Waals surface area contributed by atoms with Gasteiger partial charge in [0, 0.05) is 32.2 Å². The molecule has 0 radical (unpaired) electrons. The van der Waals surface area contributed by atoms with Crippen LogP contribution in [0.15, 0.2) is 0 Å². The van der Waals surface area contributed by atoms with E-state index in [1.165, 1.54) is 25.7 Å². The van der Waals surface area contributed by atoms with Gasteiger partial charge in [-0.25, -0.2) is 0 Å². The minimum Gasteiger partial charge on any atom is -0.339 e. The van der Waals surface area contributed by atoms with Crippen molar-refractivity contribution in [3.63, 3.8) is 0 Å². The lowest BCUT2D eigenvalue weighted by Crippen LogP contribution is -2.56. The molecule has 0 aromatic carbocycles. The maximum Gasteiger partial charge on any atom is 0.240 e. The molecule has 4 heteroatoms. The SMILES string of the molecule is CC1CCCC(C)C1N1CCCC1C(=O)N1CCNCC1. The zero-order valence-electron chi connectivity index (χ0n) is 13.7. The Morgan fingerprint density at radius 3 is 2.29 bits per heavy atom. The number of carbonyl (C=O) groups is 1. The summed E-state index contributed by atoms with van der Waals surface area (Å²) in [5, 5.41) is 3.34. The topological polar surface area (TPSA) is 35.6 Å². The van der Waals surface area contributed by atoms with Gasteiger partial charge in [-0.2, -0.15) is 0 Å².